The minimum Gasteiger partial charge on any atom is -0.238 e. The second kappa shape index (κ2) is 7.37. The van der Waals surface area contributed by atoms with Gasteiger partial charge in [0.15, 0.2) is 0 Å². The zero-order valence-corrected chi connectivity index (χ0v) is 10.5. The molecule has 0 atom stereocenters. The number of halogens is 3. The van der Waals surface area contributed by atoms with E-state index >= 15 is 0 Å². The van der Waals surface area contributed by atoms with Crippen LogP contribution in [0, 0.1) is 5.41 Å². The van der Waals surface area contributed by atoms with Gasteiger partial charge in [-0.05, 0) is 18.3 Å². The number of hydrogen-bond acceptors (Lipinski definition) is 4. The van der Waals surface area contributed by atoms with E-state index in [9.17, 15) is 13.2 Å². The molecular weight excluding hydrogens is 243 g/mol. The lowest BCUT2D eigenvalue weighted by Crippen LogP contribution is -2.14. The molecule has 0 aromatic heterocycles. The van der Waals surface area contributed by atoms with E-state index < -0.39 is 6.36 Å². The van der Waals surface area contributed by atoms with Gasteiger partial charge in [-0.15, -0.1) is 22.4 Å². The molecule has 0 heterocycles. The van der Waals surface area contributed by atoms with E-state index in [1.165, 1.54) is 0 Å². The van der Waals surface area contributed by atoms with Crippen LogP contribution in [0.3, 0.4) is 0 Å². The smallest absolute Gasteiger partial charge is 0.238 e. The van der Waals surface area contributed by atoms with Gasteiger partial charge in [0.2, 0.25) is 0 Å². The largest absolute Gasteiger partial charge is 0.550 e. The first-order valence-electron chi connectivity index (χ1n) is 5.02. The molecule has 0 saturated heterocycles. The Hall–Kier alpha value is 0.0200. The maximum atomic E-state index is 11.4. The highest BCUT2D eigenvalue weighted by atomic mass is 32.2. The van der Waals surface area contributed by atoms with Gasteiger partial charge in [0.25, 0.3) is 0 Å². The summed E-state index contributed by atoms with van der Waals surface area (Å²) in [7, 11) is 0. The molecular formula is C9H18F3NO2S. The lowest BCUT2D eigenvalue weighted by molar-refractivity contribution is -0.440. The minimum absolute atomic E-state index is 0.295. The Labute approximate surface area is 98.3 Å². The van der Waals surface area contributed by atoms with Crippen LogP contribution >= 0.6 is 12.2 Å². The Morgan fingerprint density at radius 1 is 1.12 bits per heavy atom. The van der Waals surface area contributed by atoms with E-state index in [-0.39, 0.29) is 0 Å². The molecule has 0 saturated carbocycles. The molecule has 0 radical (unpaired) electrons. The van der Waals surface area contributed by atoms with Crippen LogP contribution in [0.2, 0.25) is 0 Å². The number of nitrogens with one attached hydrogen (secondary N) is 1. The summed E-state index contributed by atoms with van der Waals surface area (Å²) in [6, 6.07) is 0. The molecule has 3 nitrogen and oxygen atoms in total. The number of unbranched alkanes of at least 4 members (excludes halogenated alkanes) is 1. The van der Waals surface area contributed by atoms with E-state index in [1.54, 1.807) is 0 Å². The van der Waals surface area contributed by atoms with Crippen LogP contribution in [-0.4, -0.2) is 12.9 Å². The maximum absolute atomic E-state index is 11.4. The Balaban J connectivity index is 3.17. The average Bonchev–Trinajstić information content (AvgIpc) is 2.06. The van der Waals surface area contributed by atoms with E-state index in [1.807, 2.05) is 0 Å². The van der Waals surface area contributed by atoms with Gasteiger partial charge in [-0.1, -0.05) is 27.2 Å². The normalized spacial score (nSPS) is 13.1. The molecule has 0 bridgehead atoms. The topological polar surface area (TPSA) is 30.5 Å². The molecule has 0 unspecified atom stereocenters. The number of alkyl halides is 3. The summed E-state index contributed by atoms with van der Waals surface area (Å²) in [5.41, 5.74) is 0.295. The van der Waals surface area contributed by atoms with Crippen molar-refractivity contribution < 1.29 is 22.4 Å². The molecule has 0 aromatic carbocycles. The average molecular weight is 261 g/mol. The quantitative estimate of drug-likeness (QED) is 0.248. The van der Waals surface area contributed by atoms with Gasteiger partial charge in [0, 0.05) is 6.54 Å². The molecule has 16 heavy (non-hydrogen) atoms. The summed E-state index contributed by atoms with van der Waals surface area (Å²) < 4.78 is 40.7. The highest BCUT2D eigenvalue weighted by Gasteiger charge is 2.31. The van der Waals surface area contributed by atoms with Crippen molar-refractivity contribution >= 4 is 12.2 Å². The van der Waals surface area contributed by atoms with Crippen LogP contribution in [0.25, 0.3) is 0 Å². The first kappa shape index (κ1) is 16.0. The van der Waals surface area contributed by atoms with Crippen LogP contribution in [0.5, 0.6) is 0 Å². The second-order valence-corrected chi connectivity index (χ2v) is 5.18. The summed E-state index contributed by atoms with van der Waals surface area (Å²) in [6.07, 6.45) is -1.75. The van der Waals surface area contributed by atoms with Crippen molar-refractivity contribution in [2.75, 3.05) is 6.54 Å². The van der Waals surface area contributed by atoms with E-state index in [0.717, 1.165) is 19.3 Å². The van der Waals surface area contributed by atoms with Crippen molar-refractivity contribution in [1.29, 1.82) is 0 Å². The van der Waals surface area contributed by atoms with Crippen molar-refractivity contribution in [3.8, 4) is 0 Å². The van der Waals surface area contributed by atoms with Gasteiger partial charge >= 0.3 is 6.36 Å². The third-order valence-corrected chi connectivity index (χ3v) is 2.14. The van der Waals surface area contributed by atoms with Gasteiger partial charge in [0.1, 0.15) is 12.2 Å². The van der Waals surface area contributed by atoms with Crippen molar-refractivity contribution in [2.45, 2.75) is 46.4 Å². The number of hydrogen-bond donors (Lipinski definition) is 1. The van der Waals surface area contributed by atoms with Crippen LogP contribution in [0.1, 0.15) is 40.0 Å². The SMILES string of the molecule is CC(C)(C)CCCCNSOOC(F)(F)F. The Morgan fingerprint density at radius 2 is 1.75 bits per heavy atom. The predicted molar refractivity (Wildman–Crippen MR) is 57.1 cm³/mol. The third kappa shape index (κ3) is 14.0. The molecule has 0 rings (SSSR count). The Morgan fingerprint density at radius 3 is 2.25 bits per heavy atom. The first-order valence-corrected chi connectivity index (χ1v) is 5.76. The van der Waals surface area contributed by atoms with Gasteiger partial charge in [0.05, 0.1) is 0 Å². The lowest BCUT2D eigenvalue weighted by atomic mass is 9.90. The molecule has 0 fully saturated rings. The fourth-order valence-corrected chi connectivity index (χ4v) is 1.36. The van der Waals surface area contributed by atoms with Gasteiger partial charge < -0.3 is 0 Å². The molecule has 0 aromatic rings. The fourth-order valence-electron chi connectivity index (χ4n) is 0.974. The van der Waals surface area contributed by atoms with Crippen LogP contribution in [0.15, 0.2) is 0 Å². The predicted octanol–water partition coefficient (Wildman–Crippen LogP) is 3.82. The molecule has 7 heteroatoms. The molecule has 1 N–H and O–H groups in total. The zero-order valence-electron chi connectivity index (χ0n) is 9.69. The molecule has 0 aliphatic carbocycles. The van der Waals surface area contributed by atoms with Crippen molar-refractivity contribution in [2.24, 2.45) is 5.41 Å². The Kier molecular flexibility index (Phi) is 7.38. The summed E-state index contributed by atoms with van der Waals surface area (Å²) in [5, 5.41) is 0. The van der Waals surface area contributed by atoms with E-state index in [2.05, 4.69) is 34.7 Å². The van der Waals surface area contributed by atoms with Crippen molar-refractivity contribution in [3.63, 3.8) is 0 Å². The second-order valence-electron chi connectivity index (χ2n) is 4.59. The first-order chi connectivity index (χ1) is 7.21. The third-order valence-electron chi connectivity index (χ3n) is 1.68. The minimum atomic E-state index is -4.75. The summed E-state index contributed by atoms with van der Waals surface area (Å²) in [6.45, 7) is 7.03. The fraction of sp³-hybridized carbons (Fsp3) is 1.00. The highest BCUT2D eigenvalue weighted by Crippen LogP contribution is 2.21. The van der Waals surface area contributed by atoms with Gasteiger partial charge in [-0.3, -0.25) is 0 Å². The lowest BCUT2D eigenvalue weighted by Gasteiger charge is -2.17. The monoisotopic (exact) mass is 261 g/mol. The molecule has 0 aliphatic rings. The van der Waals surface area contributed by atoms with Gasteiger partial charge in [-0.25, -0.2) is 4.72 Å². The highest BCUT2D eigenvalue weighted by molar-refractivity contribution is 7.92. The standard InChI is InChI=1S/C9H18F3NO2S/c1-8(2,3)6-4-5-7-13-16-15-14-9(10,11)12/h13H,4-7H2,1-3H3. The van der Waals surface area contributed by atoms with E-state index in [0.29, 0.717) is 24.2 Å². The summed E-state index contributed by atoms with van der Waals surface area (Å²) >= 11 is 0.446. The molecule has 98 valence electrons. The zero-order chi connectivity index (χ0) is 12.7. The van der Waals surface area contributed by atoms with Crippen molar-refractivity contribution in [3.05, 3.63) is 0 Å². The molecule has 0 amide bonds. The van der Waals surface area contributed by atoms with E-state index in [4.69, 9.17) is 0 Å². The Bertz CT molecular complexity index is 163. The summed E-state index contributed by atoms with van der Waals surface area (Å²) in [4.78, 5) is 3.09. The van der Waals surface area contributed by atoms with Crippen molar-refractivity contribution in [1.82, 2.24) is 4.72 Å². The summed E-state index contributed by atoms with van der Waals surface area (Å²) in [5.74, 6) is 0. The number of rotatable bonds is 7. The van der Waals surface area contributed by atoms with Crippen LogP contribution in [-0.2, 0) is 9.22 Å². The van der Waals surface area contributed by atoms with Gasteiger partial charge in [-0.2, -0.15) is 0 Å². The maximum Gasteiger partial charge on any atom is 0.550 e. The van der Waals surface area contributed by atoms with Crippen LogP contribution in [0.4, 0.5) is 13.2 Å². The molecule has 0 aliphatic heterocycles. The van der Waals surface area contributed by atoms with Crippen LogP contribution < -0.4 is 4.72 Å². The molecule has 0 spiro atoms.